The molecule has 5 rings (SSSR count). The van der Waals surface area contributed by atoms with Crippen LogP contribution in [-0.2, 0) is 11.8 Å². The Labute approximate surface area is 203 Å². The SMILES string of the molecule is Cc1nc2cc(Oc3ccc(F)cc3F)c(-c3cn(C)c(=O)c4c3ccn4OC(=O)C(F)(F)F)cc2[nH]1. The van der Waals surface area contributed by atoms with Crippen LogP contribution in [0.5, 0.6) is 11.5 Å². The van der Waals surface area contributed by atoms with E-state index >= 15 is 0 Å². The molecule has 8 nitrogen and oxygen atoms in total. The normalized spacial score (nSPS) is 11.9. The lowest BCUT2D eigenvalue weighted by Crippen LogP contribution is -2.34. The van der Waals surface area contributed by atoms with E-state index in [1.807, 2.05) is 0 Å². The van der Waals surface area contributed by atoms with Gasteiger partial charge in [-0.2, -0.15) is 17.9 Å². The van der Waals surface area contributed by atoms with E-state index in [2.05, 4.69) is 14.8 Å². The molecule has 0 atom stereocenters. The maximum absolute atomic E-state index is 14.4. The van der Waals surface area contributed by atoms with Crippen LogP contribution in [-0.4, -0.2) is 31.4 Å². The molecule has 0 aliphatic carbocycles. The summed E-state index contributed by atoms with van der Waals surface area (Å²) in [5.74, 6) is -3.97. The van der Waals surface area contributed by atoms with Crippen molar-refractivity contribution in [3.8, 4) is 22.6 Å². The van der Waals surface area contributed by atoms with Gasteiger partial charge in [0, 0.05) is 48.1 Å². The molecule has 0 bridgehead atoms. The fourth-order valence-corrected chi connectivity index (χ4v) is 3.90. The highest BCUT2D eigenvalue weighted by atomic mass is 19.4. The van der Waals surface area contributed by atoms with Crippen molar-refractivity contribution in [2.24, 2.45) is 7.05 Å². The van der Waals surface area contributed by atoms with Crippen LogP contribution in [0.4, 0.5) is 22.0 Å². The average molecular weight is 518 g/mol. The lowest BCUT2D eigenvalue weighted by atomic mass is 10.0. The van der Waals surface area contributed by atoms with Crippen molar-refractivity contribution in [3.05, 3.63) is 76.6 Å². The van der Waals surface area contributed by atoms with E-state index < -0.39 is 29.3 Å². The highest BCUT2D eigenvalue weighted by Crippen LogP contribution is 2.39. The van der Waals surface area contributed by atoms with Gasteiger partial charge in [-0.15, -0.1) is 0 Å². The Kier molecular flexibility index (Phi) is 5.50. The topological polar surface area (TPSA) is 91.1 Å². The van der Waals surface area contributed by atoms with Gasteiger partial charge in [-0.25, -0.2) is 18.6 Å². The first kappa shape index (κ1) is 24.0. The first-order valence-electron chi connectivity index (χ1n) is 10.6. The van der Waals surface area contributed by atoms with Crippen LogP contribution in [0.3, 0.4) is 0 Å². The number of carbonyl (C=O) groups excluding carboxylic acids is 1. The number of alkyl halides is 3. The van der Waals surface area contributed by atoms with Crippen molar-refractivity contribution in [1.82, 2.24) is 19.3 Å². The van der Waals surface area contributed by atoms with Gasteiger partial charge in [0.25, 0.3) is 5.56 Å². The zero-order valence-electron chi connectivity index (χ0n) is 19.0. The van der Waals surface area contributed by atoms with E-state index in [1.165, 1.54) is 25.4 Å². The summed E-state index contributed by atoms with van der Waals surface area (Å²) in [6, 6.07) is 7.14. The highest BCUT2D eigenvalue weighted by molar-refractivity contribution is 5.99. The molecule has 13 heteroatoms. The molecule has 0 aliphatic rings. The van der Waals surface area contributed by atoms with Crippen molar-refractivity contribution >= 4 is 27.9 Å². The van der Waals surface area contributed by atoms with Crippen LogP contribution in [0.15, 0.2) is 53.6 Å². The molecule has 0 radical (unpaired) electrons. The second-order valence-electron chi connectivity index (χ2n) is 8.10. The summed E-state index contributed by atoms with van der Waals surface area (Å²) in [4.78, 5) is 36.0. The summed E-state index contributed by atoms with van der Waals surface area (Å²) in [6.07, 6.45) is -2.89. The molecule has 0 fully saturated rings. The van der Waals surface area contributed by atoms with Gasteiger partial charge in [0.1, 0.15) is 17.4 Å². The molecule has 3 heterocycles. The third-order valence-corrected chi connectivity index (χ3v) is 5.51. The van der Waals surface area contributed by atoms with Gasteiger partial charge < -0.3 is 19.1 Å². The van der Waals surface area contributed by atoms with E-state index in [0.29, 0.717) is 33.2 Å². The van der Waals surface area contributed by atoms with Crippen LogP contribution >= 0.6 is 0 Å². The first-order chi connectivity index (χ1) is 17.4. The molecule has 0 spiro atoms. The van der Waals surface area contributed by atoms with Crippen molar-refractivity contribution in [2.45, 2.75) is 13.1 Å². The Morgan fingerprint density at radius 1 is 1.05 bits per heavy atom. The number of nitrogens with one attached hydrogen (secondary N) is 1. The molecule has 190 valence electrons. The smallest absolute Gasteiger partial charge is 0.454 e. The Bertz CT molecular complexity index is 1770. The zero-order valence-corrected chi connectivity index (χ0v) is 19.0. The summed E-state index contributed by atoms with van der Waals surface area (Å²) >= 11 is 0. The molecule has 0 amide bonds. The fourth-order valence-electron chi connectivity index (χ4n) is 3.90. The van der Waals surface area contributed by atoms with Gasteiger partial charge in [0.15, 0.2) is 17.1 Å². The van der Waals surface area contributed by atoms with Crippen molar-refractivity contribution in [1.29, 1.82) is 0 Å². The predicted octanol–water partition coefficient (Wildman–Crippen LogP) is 4.78. The lowest BCUT2D eigenvalue weighted by Gasteiger charge is -2.15. The average Bonchev–Trinajstić information content (AvgIpc) is 3.39. The summed E-state index contributed by atoms with van der Waals surface area (Å²) in [5, 5.41) is 0.123. The number of pyridine rings is 1. The summed E-state index contributed by atoms with van der Waals surface area (Å²) in [5.41, 5.74) is 0.480. The molecule has 0 saturated carbocycles. The molecular weight excluding hydrogens is 503 g/mol. The van der Waals surface area contributed by atoms with Crippen LogP contribution in [0.1, 0.15) is 5.82 Å². The minimum absolute atomic E-state index is 0.0597. The molecule has 1 N–H and O–H groups in total. The van der Waals surface area contributed by atoms with Gasteiger partial charge in [-0.05, 0) is 31.2 Å². The summed E-state index contributed by atoms with van der Waals surface area (Å²) in [7, 11) is 1.35. The largest absolute Gasteiger partial charge is 0.493 e. The van der Waals surface area contributed by atoms with Gasteiger partial charge in [-0.3, -0.25) is 4.79 Å². The van der Waals surface area contributed by atoms with E-state index in [9.17, 15) is 31.5 Å². The number of aromatic amines is 1. The van der Waals surface area contributed by atoms with Crippen LogP contribution in [0.2, 0.25) is 0 Å². The molecule has 0 saturated heterocycles. The fraction of sp³-hybridized carbons (Fsp3) is 0.125. The third-order valence-electron chi connectivity index (χ3n) is 5.51. The van der Waals surface area contributed by atoms with Crippen molar-refractivity contribution < 1.29 is 36.3 Å². The maximum Gasteiger partial charge on any atom is 0.493 e. The number of rotatable bonds is 4. The third kappa shape index (κ3) is 4.28. The number of hydrogen-bond donors (Lipinski definition) is 1. The standard InChI is InChI=1S/C24H15F5N4O4/c1-11-30-17-8-14(20(9-18(17)31-11)36-19-4-3-12(25)7-16(19)26)15-10-32(2)22(34)21-13(15)5-6-33(21)37-23(35)24(27,28)29/h3-10H,1-2H3,(H,30,31). The predicted molar refractivity (Wildman–Crippen MR) is 121 cm³/mol. The number of aryl methyl sites for hydroxylation is 2. The summed E-state index contributed by atoms with van der Waals surface area (Å²) in [6.45, 7) is 1.71. The second kappa shape index (κ2) is 8.47. The number of nitrogens with zero attached hydrogens (tertiary/aromatic N) is 3. The van der Waals surface area contributed by atoms with E-state index in [-0.39, 0.29) is 28.0 Å². The van der Waals surface area contributed by atoms with Crippen molar-refractivity contribution in [3.63, 3.8) is 0 Å². The minimum atomic E-state index is -5.29. The Morgan fingerprint density at radius 2 is 1.81 bits per heavy atom. The molecule has 5 aromatic rings. The number of hydrogen-bond acceptors (Lipinski definition) is 5. The Balaban J connectivity index is 1.74. The second-order valence-corrected chi connectivity index (χ2v) is 8.10. The Morgan fingerprint density at radius 3 is 2.51 bits per heavy atom. The molecule has 2 aromatic carbocycles. The van der Waals surface area contributed by atoms with E-state index in [4.69, 9.17) is 4.74 Å². The number of carbonyl (C=O) groups is 1. The lowest BCUT2D eigenvalue weighted by molar-refractivity contribution is -0.199. The van der Waals surface area contributed by atoms with Crippen LogP contribution in [0.25, 0.3) is 33.1 Å². The van der Waals surface area contributed by atoms with E-state index in [0.717, 1.165) is 22.9 Å². The maximum atomic E-state index is 14.4. The number of aromatic nitrogens is 4. The molecule has 37 heavy (non-hydrogen) atoms. The van der Waals surface area contributed by atoms with Crippen molar-refractivity contribution in [2.75, 3.05) is 0 Å². The monoisotopic (exact) mass is 518 g/mol. The molecule has 0 unspecified atom stereocenters. The molecule has 3 aromatic heterocycles. The minimum Gasteiger partial charge on any atom is -0.454 e. The quantitative estimate of drug-likeness (QED) is 0.346. The number of fused-ring (bicyclic) bond motifs is 2. The Hall–Kier alpha value is -4.68. The number of halogens is 5. The number of benzene rings is 2. The van der Waals surface area contributed by atoms with Gasteiger partial charge in [0.2, 0.25) is 0 Å². The van der Waals surface area contributed by atoms with Gasteiger partial charge in [0.05, 0.1) is 11.0 Å². The van der Waals surface area contributed by atoms with E-state index in [1.54, 1.807) is 13.0 Å². The number of H-pyrrole nitrogens is 1. The zero-order chi connectivity index (χ0) is 26.6. The summed E-state index contributed by atoms with van der Waals surface area (Å²) < 4.78 is 73.5. The van der Waals surface area contributed by atoms with Crippen LogP contribution < -0.4 is 15.1 Å². The van der Waals surface area contributed by atoms with Gasteiger partial charge >= 0.3 is 12.1 Å². The molecule has 0 aliphatic heterocycles. The first-order valence-corrected chi connectivity index (χ1v) is 10.6. The highest BCUT2D eigenvalue weighted by Gasteiger charge is 2.42. The van der Waals surface area contributed by atoms with Gasteiger partial charge in [-0.1, -0.05) is 0 Å². The van der Waals surface area contributed by atoms with Crippen LogP contribution in [0, 0.1) is 18.6 Å². The number of ether oxygens (including phenoxy) is 1. The number of imidazole rings is 1. The molecular formula is C24H15F5N4O4.